The second kappa shape index (κ2) is 29.3. The Hall–Kier alpha value is -15.8. The van der Waals surface area contributed by atoms with Gasteiger partial charge in [0, 0.05) is 99.8 Å². The summed E-state index contributed by atoms with van der Waals surface area (Å²) in [4.78, 5) is 4.75. The van der Waals surface area contributed by atoms with Crippen LogP contribution in [0.25, 0.3) is 165 Å². The van der Waals surface area contributed by atoms with E-state index in [1.807, 2.05) is 0 Å². The lowest BCUT2D eigenvalue weighted by atomic mass is 9.98. The molecule has 6 heteroatoms. The maximum absolute atomic E-state index is 2.39. The lowest BCUT2D eigenvalue weighted by Crippen LogP contribution is -2.11. The van der Waals surface area contributed by atoms with E-state index in [1.54, 1.807) is 0 Å². The molecule has 554 valence electrons. The van der Waals surface area contributed by atoms with Crippen LogP contribution >= 0.6 is 0 Å². The Labute approximate surface area is 684 Å². The van der Waals surface area contributed by atoms with Crippen LogP contribution in [0.3, 0.4) is 0 Å². The smallest absolute Gasteiger partial charge is 0.0541 e. The zero-order valence-electron chi connectivity index (χ0n) is 64.6. The second-order valence-electron chi connectivity index (χ2n) is 30.3. The van der Waals surface area contributed by atoms with Crippen molar-refractivity contribution in [2.75, 3.05) is 9.80 Å². The number of hydrogen-bond acceptors (Lipinski definition) is 2. The summed E-state index contributed by atoms with van der Waals surface area (Å²) in [5, 5.41) is 12.5. The van der Waals surface area contributed by atoms with Crippen LogP contribution in [0.2, 0.25) is 0 Å². The van der Waals surface area contributed by atoms with E-state index in [1.165, 1.54) is 154 Å². The molecule has 23 rings (SSSR count). The summed E-state index contributed by atoms with van der Waals surface area (Å²) < 4.78 is 9.49. The van der Waals surface area contributed by atoms with Crippen molar-refractivity contribution in [1.82, 2.24) is 18.3 Å². The SMILES string of the molecule is c1ccc(-c2ccccc2N(c2ccc(-c3ccc4c(c3)c3ccccc3n4-c3ccccc3)cc2)c2ccc(-n3c4ccccc4c4ccccc43)cc2)cc1.c1ccc(-n2c3ccccc3c3cc(-c4ccc(N(c5ccc(-c6cccc7ccccc67)cc5)c5ccc(-n6c7ccccc7c7ccccc76)cc5)cc4)ccc32)cc1. The summed E-state index contributed by atoms with van der Waals surface area (Å²) in [5.41, 5.74) is 30.3. The fourth-order valence-corrected chi connectivity index (χ4v) is 18.2. The molecule has 0 N–H and O–H groups in total. The van der Waals surface area contributed by atoms with Gasteiger partial charge in [-0.1, -0.05) is 285 Å². The first-order chi connectivity index (χ1) is 58.6. The zero-order valence-corrected chi connectivity index (χ0v) is 64.6. The van der Waals surface area contributed by atoms with E-state index in [-0.39, 0.29) is 0 Å². The standard InChI is InChI=1S/C58H39N3.C54H37N3/c1-2-15-44(16-3-1)60-57-24-11-8-20-53(57)54-39-43(29-38-58(54)60)40-25-30-45(31-26-40)59(46-32-27-42(28-33-46)50-21-12-14-41-13-4-5-17-49(41)50)47-34-36-48(37-35-47)61-55-22-9-6-18-51(55)52-19-7-10-23-56(52)61;1-3-15-39(16-4-1)45-19-7-11-23-50(45)55(43-32-34-44(35-33-43)57-51-24-12-8-20-46(51)47-21-9-13-25-52(47)57)42-30-27-38(28-31-42)40-29-36-54-49(37-40)48-22-10-14-26-53(48)56(54)41-17-5-2-6-18-41/h1-39H;1-37H. The van der Waals surface area contributed by atoms with E-state index in [0.717, 1.165) is 45.5 Å². The number of anilines is 6. The van der Waals surface area contributed by atoms with Gasteiger partial charge in [0.1, 0.15) is 0 Å². The Morgan fingerprint density at radius 1 is 0.144 bits per heavy atom. The van der Waals surface area contributed by atoms with Gasteiger partial charge < -0.3 is 28.1 Å². The average Bonchev–Trinajstić information content (AvgIpc) is 1.63. The maximum Gasteiger partial charge on any atom is 0.0541 e. The monoisotopic (exact) mass is 1500 g/mol. The third-order valence-electron chi connectivity index (χ3n) is 23.6. The summed E-state index contributed by atoms with van der Waals surface area (Å²) in [6.45, 7) is 0. The van der Waals surface area contributed by atoms with E-state index in [0.29, 0.717) is 0 Å². The molecule has 0 aliphatic heterocycles. The first-order valence-electron chi connectivity index (χ1n) is 40.5. The summed E-state index contributed by atoms with van der Waals surface area (Å²) >= 11 is 0. The van der Waals surface area contributed by atoms with Crippen molar-refractivity contribution in [2.45, 2.75) is 0 Å². The van der Waals surface area contributed by atoms with Crippen molar-refractivity contribution in [2.24, 2.45) is 0 Å². The molecular weight excluding hydrogens is 1430 g/mol. The molecule has 0 saturated carbocycles. The second-order valence-corrected chi connectivity index (χ2v) is 30.3. The van der Waals surface area contributed by atoms with Gasteiger partial charge >= 0.3 is 0 Å². The molecule has 19 aromatic carbocycles. The molecule has 4 heterocycles. The number of aromatic nitrogens is 4. The molecule has 6 nitrogen and oxygen atoms in total. The van der Waals surface area contributed by atoms with Crippen molar-refractivity contribution in [1.29, 1.82) is 0 Å². The van der Waals surface area contributed by atoms with Gasteiger partial charge in [0.15, 0.2) is 0 Å². The highest BCUT2D eigenvalue weighted by Gasteiger charge is 2.23. The van der Waals surface area contributed by atoms with Crippen LogP contribution in [0.1, 0.15) is 0 Å². The van der Waals surface area contributed by atoms with E-state index < -0.39 is 0 Å². The van der Waals surface area contributed by atoms with Gasteiger partial charge in [-0.25, -0.2) is 0 Å². The lowest BCUT2D eigenvalue weighted by molar-refractivity contribution is 1.17. The van der Waals surface area contributed by atoms with Gasteiger partial charge in [-0.2, -0.15) is 0 Å². The largest absolute Gasteiger partial charge is 0.311 e. The number of fused-ring (bicyclic) bond motifs is 13. The fourth-order valence-electron chi connectivity index (χ4n) is 18.2. The van der Waals surface area contributed by atoms with E-state index >= 15 is 0 Å². The molecule has 118 heavy (non-hydrogen) atoms. The molecule has 0 aliphatic carbocycles. The van der Waals surface area contributed by atoms with E-state index in [2.05, 4.69) is 489 Å². The predicted molar refractivity (Wildman–Crippen MR) is 499 cm³/mol. The van der Waals surface area contributed by atoms with Gasteiger partial charge in [0.05, 0.1) is 49.8 Å². The van der Waals surface area contributed by atoms with Gasteiger partial charge in [0.25, 0.3) is 0 Å². The van der Waals surface area contributed by atoms with Crippen molar-refractivity contribution < 1.29 is 0 Å². The van der Waals surface area contributed by atoms with E-state index in [9.17, 15) is 0 Å². The minimum atomic E-state index is 1.09. The third kappa shape index (κ3) is 12.0. The molecule has 23 aromatic rings. The normalized spacial score (nSPS) is 11.6. The highest BCUT2D eigenvalue weighted by molar-refractivity contribution is 6.14. The number of para-hydroxylation sites is 9. The van der Waals surface area contributed by atoms with Crippen LogP contribution in [0.4, 0.5) is 34.1 Å². The molecule has 0 amide bonds. The van der Waals surface area contributed by atoms with Crippen molar-refractivity contribution in [3.8, 4) is 67.3 Å². The van der Waals surface area contributed by atoms with Gasteiger partial charge in [-0.3, -0.25) is 0 Å². The summed E-state index contributed by atoms with van der Waals surface area (Å²) in [6, 6.07) is 167. The topological polar surface area (TPSA) is 26.2 Å². The first kappa shape index (κ1) is 69.0. The van der Waals surface area contributed by atoms with Crippen LogP contribution in [-0.4, -0.2) is 18.3 Å². The zero-order chi connectivity index (χ0) is 78.0. The predicted octanol–water partition coefficient (Wildman–Crippen LogP) is 30.5. The number of nitrogens with zero attached hydrogens (tertiary/aromatic N) is 6. The molecular formula is C112H76N6. The summed E-state index contributed by atoms with van der Waals surface area (Å²) in [7, 11) is 0. The Balaban J connectivity index is 0.000000143. The Morgan fingerprint density at radius 3 is 0.814 bits per heavy atom. The molecule has 0 aliphatic rings. The van der Waals surface area contributed by atoms with Gasteiger partial charge in [0.2, 0.25) is 0 Å². The minimum Gasteiger partial charge on any atom is -0.311 e. The van der Waals surface area contributed by atoms with E-state index in [4.69, 9.17) is 0 Å². The minimum absolute atomic E-state index is 1.09. The molecule has 0 fully saturated rings. The molecule has 0 bridgehead atoms. The molecule has 0 radical (unpaired) electrons. The Morgan fingerprint density at radius 2 is 0.407 bits per heavy atom. The molecule has 4 aromatic heterocycles. The molecule has 0 spiro atoms. The molecule has 0 saturated heterocycles. The molecule has 0 atom stereocenters. The Bertz CT molecular complexity index is 7580. The van der Waals surface area contributed by atoms with Crippen LogP contribution in [-0.2, 0) is 0 Å². The Kier molecular flexibility index (Phi) is 17.1. The highest BCUT2D eigenvalue weighted by atomic mass is 15.2. The number of rotatable bonds is 14. The van der Waals surface area contributed by atoms with Crippen molar-refractivity contribution in [3.63, 3.8) is 0 Å². The van der Waals surface area contributed by atoms with Crippen molar-refractivity contribution in [3.05, 3.63) is 461 Å². The lowest BCUT2D eigenvalue weighted by Gasteiger charge is -2.28. The highest BCUT2D eigenvalue weighted by Crippen LogP contribution is 2.46. The van der Waals surface area contributed by atoms with Crippen LogP contribution in [0.5, 0.6) is 0 Å². The first-order valence-corrected chi connectivity index (χ1v) is 40.5. The quantitative estimate of drug-likeness (QED) is 0.108. The average molecular weight is 1510 g/mol. The van der Waals surface area contributed by atoms with Gasteiger partial charge in [-0.15, -0.1) is 0 Å². The molecule has 0 unspecified atom stereocenters. The third-order valence-corrected chi connectivity index (χ3v) is 23.6. The van der Waals surface area contributed by atoms with Crippen molar-refractivity contribution >= 4 is 132 Å². The van der Waals surface area contributed by atoms with Gasteiger partial charge in [-0.05, 0) is 226 Å². The fraction of sp³-hybridized carbons (Fsp3) is 0. The number of hydrogen-bond donors (Lipinski definition) is 0. The van der Waals surface area contributed by atoms with Crippen LogP contribution in [0, 0.1) is 0 Å². The van der Waals surface area contributed by atoms with Crippen LogP contribution in [0.15, 0.2) is 461 Å². The summed E-state index contributed by atoms with van der Waals surface area (Å²) in [6.07, 6.45) is 0. The maximum atomic E-state index is 2.39. The van der Waals surface area contributed by atoms with Crippen LogP contribution < -0.4 is 9.80 Å². The summed E-state index contributed by atoms with van der Waals surface area (Å²) in [5.74, 6) is 0. The number of benzene rings is 19.